The van der Waals surface area contributed by atoms with Crippen molar-refractivity contribution in [3.8, 4) is 0 Å². The smallest absolute Gasteiger partial charge is 0.341 e. The molecule has 0 atom stereocenters. The van der Waals surface area contributed by atoms with Crippen LogP contribution in [0.2, 0.25) is 0 Å². The van der Waals surface area contributed by atoms with E-state index >= 15 is 0 Å². The van der Waals surface area contributed by atoms with E-state index in [1.807, 2.05) is 0 Å². The third kappa shape index (κ3) is 2.44. The lowest BCUT2D eigenvalue weighted by Crippen LogP contribution is -2.04. The molecule has 10 heavy (non-hydrogen) atoms. The quantitative estimate of drug-likeness (QED) is 0.250. The second-order valence-corrected chi connectivity index (χ2v) is 2.13. The molecule has 0 fully saturated rings. The normalized spacial score (nSPS) is 8.30. The van der Waals surface area contributed by atoms with Gasteiger partial charge in [-0.1, -0.05) is 5.57 Å². The van der Waals surface area contributed by atoms with E-state index in [-0.39, 0.29) is 6.47 Å². The number of carbonyl (C=O) groups excluding carboxylic acids is 2. The molecule has 0 aliphatic rings. The third-order valence-electron chi connectivity index (χ3n) is 1.21. The highest BCUT2D eigenvalue weighted by Crippen LogP contribution is 2.02. The van der Waals surface area contributed by atoms with Crippen molar-refractivity contribution in [3.05, 3.63) is 11.1 Å². The number of hydrogen-bond donors (Lipinski definition) is 0. The van der Waals surface area contributed by atoms with Crippen LogP contribution in [0.4, 0.5) is 0 Å². The number of carbonyl (C=O) groups is 2. The van der Waals surface area contributed by atoms with Gasteiger partial charge in [0.1, 0.15) is 0 Å². The Morgan fingerprint density at radius 3 is 2.10 bits per heavy atom. The van der Waals surface area contributed by atoms with Gasteiger partial charge < -0.3 is 4.74 Å². The molecular formula is C7H10O3. The first-order valence-corrected chi connectivity index (χ1v) is 2.88. The first-order valence-electron chi connectivity index (χ1n) is 2.88. The maximum atomic E-state index is 10.7. The summed E-state index contributed by atoms with van der Waals surface area (Å²) in [6.07, 6.45) is 0. The van der Waals surface area contributed by atoms with Gasteiger partial charge in [0, 0.05) is 5.57 Å². The maximum Gasteiger partial charge on any atom is 0.341 e. The van der Waals surface area contributed by atoms with Crippen LogP contribution >= 0.6 is 0 Å². The predicted molar refractivity (Wildman–Crippen MR) is 36.2 cm³/mol. The van der Waals surface area contributed by atoms with Crippen LogP contribution in [0.15, 0.2) is 11.1 Å². The second kappa shape index (κ2) is 3.82. The lowest BCUT2D eigenvalue weighted by molar-refractivity contribution is -0.148. The molecular weight excluding hydrogens is 132 g/mol. The van der Waals surface area contributed by atoms with Gasteiger partial charge in [0.15, 0.2) is 0 Å². The van der Waals surface area contributed by atoms with E-state index in [0.29, 0.717) is 5.57 Å². The second-order valence-electron chi connectivity index (χ2n) is 2.13. The molecule has 56 valence electrons. The first kappa shape index (κ1) is 8.88. The van der Waals surface area contributed by atoms with Gasteiger partial charge in [-0.3, -0.25) is 4.79 Å². The van der Waals surface area contributed by atoms with Gasteiger partial charge in [-0.05, 0) is 20.8 Å². The minimum absolute atomic E-state index is 0.134. The standard InChI is InChI=1S/C7H10O3/c1-5(2)6(3)7(9)10-4-8/h4H,1-3H3. The van der Waals surface area contributed by atoms with Crippen molar-refractivity contribution in [2.45, 2.75) is 20.8 Å². The SMILES string of the molecule is CC(C)=C(C)C(=O)OC=O. The molecule has 0 unspecified atom stereocenters. The van der Waals surface area contributed by atoms with Gasteiger partial charge in [0.2, 0.25) is 0 Å². The Morgan fingerprint density at radius 1 is 1.30 bits per heavy atom. The van der Waals surface area contributed by atoms with Gasteiger partial charge in [-0.25, -0.2) is 4.79 Å². The van der Waals surface area contributed by atoms with Gasteiger partial charge in [0.05, 0.1) is 0 Å². The summed E-state index contributed by atoms with van der Waals surface area (Å²) < 4.78 is 4.09. The van der Waals surface area contributed by atoms with Crippen LogP contribution in [-0.4, -0.2) is 12.4 Å². The molecule has 0 amide bonds. The van der Waals surface area contributed by atoms with Crippen LogP contribution in [0.25, 0.3) is 0 Å². The van der Waals surface area contributed by atoms with Crippen LogP contribution in [0.1, 0.15) is 20.8 Å². The molecule has 0 rings (SSSR count). The minimum Gasteiger partial charge on any atom is -0.392 e. The molecule has 0 radical (unpaired) electrons. The Balaban J connectivity index is 4.22. The molecule has 0 spiro atoms. The number of allylic oxidation sites excluding steroid dienone is 1. The predicted octanol–water partition coefficient (Wildman–Crippen LogP) is 1.04. The topological polar surface area (TPSA) is 43.4 Å². The summed E-state index contributed by atoms with van der Waals surface area (Å²) in [6, 6.07) is 0. The van der Waals surface area contributed by atoms with Gasteiger partial charge in [-0.2, -0.15) is 0 Å². The van der Waals surface area contributed by atoms with Crippen molar-refractivity contribution in [2.75, 3.05) is 0 Å². The maximum absolute atomic E-state index is 10.7. The lowest BCUT2D eigenvalue weighted by atomic mass is 10.2. The zero-order chi connectivity index (χ0) is 8.15. The fourth-order valence-corrected chi connectivity index (χ4v) is 0.336. The van der Waals surface area contributed by atoms with Crippen LogP contribution in [0, 0.1) is 0 Å². The van der Waals surface area contributed by atoms with E-state index in [9.17, 15) is 9.59 Å². The summed E-state index contributed by atoms with van der Waals surface area (Å²) >= 11 is 0. The number of esters is 1. The van der Waals surface area contributed by atoms with Crippen molar-refractivity contribution >= 4 is 12.4 Å². The van der Waals surface area contributed by atoms with Gasteiger partial charge in [-0.15, -0.1) is 0 Å². The summed E-state index contributed by atoms with van der Waals surface area (Å²) in [5.41, 5.74) is 1.33. The average Bonchev–Trinajstić information content (AvgIpc) is 1.87. The Bertz CT molecular complexity index is 175. The molecule has 0 aromatic rings. The zero-order valence-electron chi connectivity index (χ0n) is 6.30. The lowest BCUT2D eigenvalue weighted by Gasteiger charge is -1.97. The van der Waals surface area contributed by atoms with E-state index in [4.69, 9.17) is 0 Å². The van der Waals surface area contributed by atoms with Crippen LogP contribution in [0.5, 0.6) is 0 Å². The van der Waals surface area contributed by atoms with E-state index in [0.717, 1.165) is 5.57 Å². The van der Waals surface area contributed by atoms with Crippen molar-refractivity contribution in [1.82, 2.24) is 0 Å². The molecule has 0 aromatic heterocycles. The van der Waals surface area contributed by atoms with E-state index < -0.39 is 5.97 Å². The van der Waals surface area contributed by atoms with Gasteiger partial charge in [0.25, 0.3) is 0 Å². The van der Waals surface area contributed by atoms with E-state index in [1.165, 1.54) is 0 Å². The van der Waals surface area contributed by atoms with Crippen LogP contribution < -0.4 is 0 Å². The van der Waals surface area contributed by atoms with Gasteiger partial charge >= 0.3 is 12.4 Å². The fourth-order valence-electron chi connectivity index (χ4n) is 0.336. The van der Waals surface area contributed by atoms with Crippen molar-refractivity contribution in [1.29, 1.82) is 0 Å². The molecule has 3 nitrogen and oxygen atoms in total. The highest BCUT2D eigenvalue weighted by Gasteiger charge is 2.05. The summed E-state index contributed by atoms with van der Waals surface area (Å²) in [7, 11) is 0. The zero-order valence-corrected chi connectivity index (χ0v) is 6.30. The van der Waals surface area contributed by atoms with Crippen molar-refractivity contribution in [2.24, 2.45) is 0 Å². The monoisotopic (exact) mass is 142 g/mol. The summed E-state index contributed by atoms with van der Waals surface area (Å²) in [5, 5.41) is 0. The van der Waals surface area contributed by atoms with Crippen LogP contribution in [-0.2, 0) is 14.3 Å². The summed E-state index contributed by atoms with van der Waals surface area (Å²) in [5.74, 6) is -0.574. The van der Waals surface area contributed by atoms with Crippen LogP contribution in [0.3, 0.4) is 0 Å². The Morgan fingerprint density at radius 2 is 1.80 bits per heavy atom. The van der Waals surface area contributed by atoms with Crippen molar-refractivity contribution in [3.63, 3.8) is 0 Å². The molecule has 0 bridgehead atoms. The van der Waals surface area contributed by atoms with Crippen molar-refractivity contribution < 1.29 is 14.3 Å². The molecule has 0 aliphatic heterocycles. The Hall–Kier alpha value is -1.12. The molecule has 0 saturated heterocycles. The molecule has 0 saturated carbocycles. The third-order valence-corrected chi connectivity index (χ3v) is 1.21. The highest BCUT2D eigenvalue weighted by atomic mass is 16.6. The Kier molecular flexibility index (Phi) is 3.39. The average molecular weight is 142 g/mol. The number of rotatable bonds is 2. The molecule has 3 heteroatoms. The largest absolute Gasteiger partial charge is 0.392 e. The molecule has 0 aliphatic carbocycles. The molecule has 0 aromatic carbocycles. The molecule has 0 heterocycles. The van der Waals surface area contributed by atoms with E-state index in [2.05, 4.69) is 4.74 Å². The highest BCUT2D eigenvalue weighted by molar-refractivity contribution is 5.92. The number of hydrogen-bond acceptors (Lipinski definition) is 3. The number of ether oxygens (including phenoxy) is 1. The first-order chi connectivity index (χ1) is 4.59. The minimum atomic E-state index is -0.574. The fraction of sp³-hybridized carbons (Fsp3) is 0.429. The summed E-state index contributed by atoms with van der Waals surface area (Å²) in [4.78, 5) is 20.3. The van der Waals surface area contributed by atoms with E-state index in [1.54, 1.807) is 20.8 Å². The Labute approximate surface area is 59.7 Å². The summed E-state index contributed by atoms with van der Waals surface area (Å²) in [6.45, 7) is 5.30. The molecule has 0 N–H and O–H groups in total.